The van der Waals surface area contributed by atoms with Crippen LogP contribution in [0.25, 0.3) is 0 Å². The first kappa shape index (κ1) is 11.4. The van der Waals surface area contributed by atoms with Crippen LogP contribution in [0.1, 0.15) is 5.56 Å². The number of rotatable bonds is 2. The Kier molecular flexibility index (Phi) is 3.46. The van der Waals surface area contributed by atoms with Gasteiger partial charge < -0.3 is 4.74 Å². The van der Waals surface area contributed by atoms with Gasteiger partial charge in [0.25, 0.3) is 0 Å². The minimum atomic E-state index is 0.473. The summed E-state index contributed by atoms with van der Waals surface area (Å²) in [6.45, 7) is 1.93. The number of nitrogens with zero attached hydrogens (tertiary/aromatic N) is 1. The lowest BCUT2D eigenvalue weighted by Crippen LogP contribution is -1.89. The maximum atomic E-state index is 5.77. The predicted octanol–water partition coefficient (Wildman–Crippen LogP) is 4.60. The fourth-order valence-corrected chi connectivity index (χ4v) is 1.72. The van der Waals surface area contributed by atoms with Gasteiger partial charge in [0.15, 0.2) is 0 Å². The van der Waals surface area contributed by atoms with E-state index in [1.165, 1.54) is 0 Å². The number of aromatic nitrogens is 1. The Hall–Kier alpha value is -1.06. The molecular formula is C12H9BrClNO. The summed E-state index contributed by atoms with van der Waals surface area (Å²) in [7, 11) is 0. The Bertz CT molecular complexity index is 499. The third-order valence-corrected chi connectivity index (χ3v) is 2.81. The van der Waals surface area contributed by atoms with Crippen molar-refractivity contribution in [2.24, 2.45) is 0 Å². The molecular weight excluding hydrogens is 289 g/mol. The van der Waals surface area contributed by atoms with Gasteiger partial charge in [-0.3, -0.25) is 0 Å². The summed E-state index contributed by atoms with van der Waals surface area (Å²) in [5.74, 6) is 1.49. The zero-order chi connectivity index (χ0) is 11.5. The predicted molar refractivity (Wildman–Crippen MR) is 68.2 cm³/mol. The van der Waals surface area contributed by atoms with E-state index in [4.69, 9.17) is 16.3 Å². The van der Waals surface area contributed by atoms with E-state index in [1.54, 1.807) is 12.3 Å². The van der Waals surface area contributed by atoms with Crippen LogP contribution in [-0.4, -0.2) is 4.98 Å². The van der Waals surface area contributed by atoms with Gasteiger partial charge >= 0.3 is 0 Å². The van der Waals surface area contributed by atoms with E-state index in [-0.39, 0.29) is 0 Å². The number of aryl methyl sites for hydroxylation is 1. The first-order valence-electron chi connectivity index (χ1n) is 4.71. The van der Waals surface area contributed by atoms with Crippen molar-refractivity contribution >= 4 is 27.5 Å². The smallest absolute Gasteiger partial charge is 0.148 e. The van der Waals surface area contributed by atoms with E-state index in [0.29, 0.717) is 10.9 Å². The molecule has 0 amide bonds. The average Bonchev–Trinajstić information content (AvgIpc) is 2.25. The lowest BCUT2D eigenvalue weighted by Gasteiger charge is -2.08. The van der Waals surface area contributed by atoms with Gasteiger partial charge in [0.2, 0.25) is 0 Å². The summed E-state index contributed by atoms with van der Waals surface area (Å²) in [5, 5.41) is 0.473. The lowest BCUT2D eigenvalue weighted by atomic mass is 10.3. The molecule has 0 bridgehead atoms. The fourth-order valence-electron chi connectivity index (χ4n) is 1.25. The molecule has 2 aromatic rings. The number of pyridine rings is 1. The van der Waals surface area contributed by atoms with Crippen LogP contribution in [0.15, 0.2) is 41.0 Å². The largest absolute Gasteiger partial charge is 0.455 e. The summed E-state index contributed by atoms with van der Waals surface area (Å²) in [4.78, 5) is 3.98. The van der Waals surface area contributed by atoms with Crippen molar-refractivity contribution in [1.82, 2.24) is 4.98 Å². The second-order valence-corrected chi connectivity index (χ2v) is 4.63. The van der Waals surface area contributed by atoms with E-state index in [1.807, 2.05) is 31.2 Å². The Morgan fingerprint density at radius 1 is 1.25 bits per heavy atom. The van der Waals surface area contributed by atoms with Gasteiger partial charge in [0.1, 0.15) is 16.7 Å². The van der Waals surface area contributed by atoms with Crippen LogP contribution < -0.4 is 4.74 Å². The number of hydrogen-bond donors (Lipinski definition) is 0. The monoisotopic (exact) mass is 297 g/mol. The summed E-state index contributed by atoms with van der Waals surface area (Å²) in [6.07, 6.45) is 1.62. The number of ether oxygens (including phenoxy) is 1. The molecule has 2 rings (SSSR count). The van der Waals surface area contributed by atoms with E-state index < -0.39 is 0 Å². The van der Waals surface area contributed by atoms with Gasteiger partial charge in [-0.25, -0.2) is 4.98 Å². The lowest BCUT2D eigenvalue weighted by molar-refractivity contribution is 0.476. The maximum Gasteiger partial charge on any atom is 0.148 e. The molecule has 82 valence electrons. The maximum absolute atomic E-state index is 5.77. The molecule has 0 saturated heterocycles. The van der Waals surface area contributed by atoms with E-state index in [2.05, 4.69) is 20.9 Å². The Balaban J connectivity index is 2.23. The molecule has 0 radical (unpaired) electrons. The van der Waals surface area contributed by atoms with Crippen LogP contribution in [0.4, 0.5) is 0 Å². The third-order valence-electron chi connectivity index (χ3n) is 2.07. The molecule has 0 spiro atoms. The first-order valence-corrected chi connectivity index (χ1v) is 5.88. The summed E-state index contributed by atoms with van der Waals surface area (Å²) in [5.41, 5.74) is 0.961. The average molecular weight is 299 g/mol. The number of benzene rings is 1. The van der Waals surface area contributed by atoms with Gasteiger partial charge in [-0.1, -0.05) is 27.5 Å². The number of halogens is 2. The molecule has 0 unspecified atom stereocenters. The molecule has 0 saturated carbocycles. The molecule has 0 aliphatic carbocycles. The molecule has 1 aromatic carbocycles. The van der Waals surface area contributed by atoms with Gasteiger partial charge in [-0.2, -0.15) is 0 Å². The molecule has 0 aliphatic rings. The van der Waals surface area contributed by atoms with Crippen LogP contribution in [0, 0.1) is 6.92 Å². The van der Waals surface area contributed by atoms with E-state index in [9.17, 15) is 0 Å². The van der Waals surface area contributed by atoms with Gasteiger partial charge in [-0.05, 0) is 42.8 Å². The zero-order valence-corrected chi connectivity index (χ0v) is 10.9. The van der Waals surface area contributed by atoms with Crippen LogP contribution in [0.2, 0.25) is 5.15 Å². The van der Waals surface area contributed by atoms with E-state index in [0.717, 1.165) is 15.8 Å². The summed E-state index contributed by atoms with van der Waals surface area (Å²) >= 11 is 9.14. The van der Waals surface area contributed by atoms with Crippen LogP contribution in [0.5, 0.6) is 11.5 Å². The highest BCUT2D eigenvalue weighted by molar-refractivity contribution is 9.10. The molecule has 0 N–H and O–H groups in total. The molecule has 4 heteroatoms. The Morgan fingerprint density at radius 2 is 1.94 bits per heavy atom. The third kappa shape index (κ3) is 2.74. The van der Waals surface area contributed by atoms with Gasteiger partial charge in [-0.15, -0.1) is 0 Å². The van der Waals surface area contributed by atoms with Gasteiger partial charge in [0, 0.05) is 4.47 Å². The SMILES string of the molecule is Cc1cc(Cl)ncc1Oc1ccc(Br)cc1. The summed E-state index contributed by atoms with van der Waals surface area (Å²) < 4.78 is 6.70. The standard InChI is InChI=1S/C12H9BrClNO/c1-8-6-12(14)15-7-11(8)16-10-4-2-9(13)3-5-10/h2-7H,1H3. The molecule has 2 nitrogen and oxygen atoms in total. The highest BCUT2D eigenvalue weighted by Gasteiger charge is 2.02. The van der Waals surface area contributed by atoms with Crippen molar-refractivity contribution < 1.29 is 4.74 Å². The van der Waals surface area contributed by atoms with Crippen LogP contribution in [-0.2, 0) is 0 Å². The Morgan fingerprint density at radius 3 is 2.56 bits per heavy atom. The van der Waals surface area contributed by atoms with Crippen LogP contribution >= 0.6 is 27.5 Å². The second kappa shape index (κ2) is 4.85. The van der Waals surface area contributed by atoms with Crippen LogP contribution in [0.3, 0.4) is 0 Å². The van der Waals surface area contributed by atoms with Crippen molar-refractivity contribution in [2.75, 3.05) is 0 Å². The topological polar surface area (TPSA) is 22.1 Å². The molecule has 0 aliphatic heterocycles. The van der Waals surface area contributed by atoms with Crippen molar-refractivity contribution in [3.8, 4) is 11.5 Å². The molecule has 16 heavy (non-hydrogen) atoms. The van der Waals surface area contributed by atoms with Crippen molar-refractivity contribution in [1.29, 1.82) is 0 Å². The minimum absolute atomic E-state index is 0.473. The minimum Gasteiger partial charge on any atom is -0.455 e. The summed E-state index contributed by atoms with van der Waals surface area (Å²) in [6, 6.07) is 9.40. The van der Waals surface area contributed by atoms with Gasteiger partial charge in [0.05, 0.1) is 6.20 Å². The molecule has 0 fully saturated rings. The van der Waals surface area contributed by atoms with Crippen molar-refractivity contribution in [2.45, 2.75) is 6.92 Å². The second-order valence-electron chi connectivity index (χ2n) is 3.33. The number of hydrogen-bond acceptors (Lipinski definition) is 2. The fraction of sp³-hybridized carbons (Fsp3) is 0.0833. The highest BCUT2D eigenvalue weighted by atomic mass is 79.9. The highest BCUT2D eigenvalue weighted by Crippen LogP contribution is 2.26. The quantitative estimate of drug-likeness (QED) is 0.756. The Labute approximate surface area is 107 Å². The van der Waals surface area contributed by atoms with Crippen molar-refractivity contribution in [3.05, 3.63) is 51.7 Å². The normalized spacial score (nSPS) is 10.2. The van der Waals surface area contributed by atoms with Crippen molar-refractivity contribution in [3.63, 3.8) is 0 Å². The van der Waals surface area contributed by atoms with E-state index >= 15 is 0 Å². The molecule has 0 atom stereocenters. The molecule has 1 heterocycles. The zero-order valence-electron chi connectivity index (χ0n) is 8.58. The first-order chi connectivity index (χ1) is 7.65. The molecule has 1 aromatic heterocycles.